The van der Waals surface area contributed by atoms with Gasteiger partial charge >= 0.3 is 5.97 Å². The number of rotatable bonds is 5. The number of nitriles is 1. The number of nitrogens with zero attached hydrogens (tertiary/aromatic N) is 2. The molecule has 1 heterocycles. The molecular weight excluding hydrogens is 382 g/mol. The molecule has 28 heavy (non-hydrogen) atoms. The second-order valence-corrected chi connectivity index (χ2v) is 6.53. The highest BCUT2D eigenvalue weighted by atomic mass is 35.5. The van der Waals surface area contributed by atoms with Gasteiger partial charge in [-0.2, -0.15) is 5.26 Å². The Hall–Kier alpha value is -3.37. The van der Waals surface area contributed by atoms with Crippen molar-refractivity contribution in [2.45, 2.75) is 12.8 Å². The minimum absolute atomic E-state index is 0.0647. The first-order valence-electron chi connectivity index (χ1n) is 8.55. The highest BCUT2D eigenvalue weighted by Gasteiger charge is 2.21. The third kappa shape index (κ3) is 4.48. The predicted molar refractivity (Wildman–Crippen MR) is 103 cm³/mol. The quantitative estimate of drug-likeness (QED) is 0.781. The number of anilines is 2. The van der Waals surface area contributed by atoms with Crippen molar-refractivity contribution in [3.8, 4) is 6.07 Å². The SMILES string of the molecule is N#Cc1ccc(NC(=O)COC(=O)c2ccc(N3CCCC3=O)cc2)cc1Cl. The van der Waals surface area contributed by atoms with Gasteiger partial charge < -0.3 is 15.0 Å². The van der Waals surface area contributed by atoms with Gasteiger partial charge in [-0.15, -0.1) is 0 Å². The number of amides is 2. The summed E-state index contributed by atoms with van der Waals surface area (Å²) < 4.78 is 5.01. The van der Waals surface area contributed by atoms with Gasteiger partial charge in [0, 0.05) is 24.3 Å². The Morgan fingerprint density at radius 2 is 1.96 bits per heavy atom. The Labute approximate surface area is 166 Å². The van der Waals surface area contributed by atoms with E-state index in [1.807, 2.05) is 6.07 Å². The van der Waals surface area contributed by atoms with Crippen LogP contribution < -0.4 is 10.2 Å². The van der Waals surface area contributed by atoms with Gasteiger partial charge in [0.25, 0.3) is 5.91 Å². The normalized spacial score (nSPS) is 13.1. The summed E-state index contributed by atoms with van der Waals surface area (Å²) in [6.45, 7) is 0.199. The summed E-state index contributed by atoms with van der Waals surface area (Å²) in [7, 11) is 0. The number of carbonyl (C=O) groups is 3. The second kappa shape index (κ2) is 8.55. The second-order valence-electron chi connectivity index (χ2n) is 6.13. The number of carbonyl (C=O) groups excluding carboxylic acids is 3. The molecule has 2 aromatic carbocycles. The number of ether oxygens (including phenoxy) is 1. The summed E-state index contributed by atoms with van der Waals surface area (Å²) in [5, 5.41) is 11.6. The van der Waals surface area contributed by atoms with E-state index >= 15 is 0 Å². The van der Waals surface area contributed by atoms with E-state index in [2.05, 4.69) is 5.32 Å². The molecule has 7 nitrogen and oxygen atoms in total. The molecule has 0 spiro atoms. The minimum Gasteiger partial charge on any atom is -0.452 e. The molecule has 0 atom stereocenters. The fourth-order valence-corrected chi connectivity index (χ4v) is 3.02. The molecule has 2 aromatic rings. The molecule has 142 valence electrons. The van der Waals surface area contributed by atoms with Crippen LogP contribution in [0.1, 0.15) is 28.8 Å². The molecule has 0 aliphatic carbocycles. The third-order valence-corrected chi connectivity index (χ3v) is 4.51. The Bertz CT molecular complexity index is 966. The van der Waals surface area contributed by atoms with E-state index in [0.717, 1.165) is 12.1 Å². The first-order chi connectivity index (χ1) is 13.5. The lowest BCUT2D eigenvalue weighted by Gasteiger charge is -2.15. The maximum absolute atomic E-state index is 12.1. The summed E-state index contributed by atoms with van der Waals surface area (Å²) in [6, 6.07) is 12.9. The first kappa shape index (κ1) is 19.4. The Morgan fingerprint density at radius 3 is 2.57 bits per heavy atom. The lowest BCUT2D eigenvalue weighted by atomic mass is 10.2. The van der Waals surface area contributed by atoms with Gasteiger partial charge in [-0.25, -0.2) is 4.79 Å². The minimum atomic E-state index is -0.646. The summed E-state index contributed by atoms with van der Waals surface area (Å²) in [5.74, 6) is -1.12. The van der Waals surface area contributed by atoms with Gasteiger partial charge in [-0.05, 0) is 48.9 Å². The van der Waals surface area contributed by atoms with Crippen molar-refractivity contribution in [2.24, 2.45) is 0 Å². The number of esters is 1. The Kier molecular flexibility index (Phi) is 5.92. The van der Waals surface area contributed by atoms with Crippen LogP contribution in [-0.4, -0.2) is 30.9 Å². The van der Waals surface area contributed by atoms with Crippen molar-refractivity contribution in [3.05, 3.63) is 58.6 Å². The standard InChI is InChI=1S/C20H16ClN3O4/c21-17-10-15(6-3-14(17)11-22)23-18(25)12-28-20(27)13-4-7-16(8-5-13)24-9-1-2-19(24)26/h3-8,10H,1-2,9,12H2,(H,23,25). The molecule has 1 fully saturated rings. The molecule has 1 N–H and O–H groups in total. The zero-order valence-corrected chi connectivity index (χ0v) is 15.5. The molecule has 0 unspecified atom stereocenters. The van der Waals surface area contributed by atoms with Crippen molar-refractivity contribution in [1.82, 2.24) is 0 Å². The van der Waals surface area contributed by atoms with Crippen molar-refractivity contribution < 1.29 is 19.1 Å². The molecule has 3 rings (SSSR count). The van der Waals surface area contributed by atoms with Gasteiger partial charge in [0.2, 0.25) is 5.91 Å². The lowest BCUT2D eigenvalue weighted by molar-refractivity contribution is -0.119. The summed E-state index contributed by atoms with van der Waals surface area (Å²) in [6.07, 6.45) is 1.35. The maximum atomic E-state index is 12.1. The van der Waals surface area contributed by atoms with Crippen LogP contribution in [0.25, 0.3) is 0 Å². The number of nitrogens with one attached hydrogen (secondary N) is 1. The first-order valence-corrected chi connectivity index (χ1v) is 8.93. The average molecular weight is 398 g/mol. The fraction of sp³-hybridized carbons (Fsp3) is 0.200. The maximum Gasteiger partial charge on any atom is 0.338 e. The van der Waals surface area contributed by atoms with E-state index in [9.17, 15) is 14.4 Å². The average Bonchev–Trinajstić information content (AvgIpc) is 3.12. The summed E-state index contributed by atoms with van der Waals surface area (Å²) in [4.78, 5) is 37.4. The van der Waals surface area contributed by atoms with Gasteiger partial charge in [0.05, 0.1) is 16.1 Å². The number of hydrogen-bond donors (Lipinski definition) is 1. The van der Waals surface area contributed by atoms with Gasteiger partial charge in [0.1, 0.15) is 6.07 Å². The lowest BCUT2D eigenvalue weighted by Crippen LogP contribution is -2.23. The van der Waals surface area contributed by atoms with Crippen LogP contribution in [0.5, 0.6) is 0 Å². The zero-order valence-electron chi connectivity index (χ0n) is 14.8. The molecular formula is C20H16ClN3O4. The van der Waals surface area contributed by atoms with E-state index in [4.69, 9.17) is 21.6 Å². The molecule has 0 aromatic heterocycles. The molecule has 1 aliphatic rings. The Balaban J connectivity index is 1.53. The number of benzene rings is 2. The molecule has 1 aliphatic heterocycles. The fourth-order valence-electron chi connectivity index (χ4n) is 2.79. The predicted octanol–water partition coefficient (Wildman–Crippen LogP) is 3.13. The molecule has 2 amide bonds. The number of hydrogen-bond acceptors (Lipinski definition) is 5. The Morgan fingerprint density at radius 1 is 1.21 bits per heavy atom. The van der Waals surface area contributed by atoms with Gasteiger partial charge in [-0.1, -0.05) is 11.6 Å². The summed E-state index contributed by atoms with van der Waals surface area (Å²) in [5.41, 5.74) is 1.70. The molecule has 8 heteroatoms. The molecule has 0 saturated carbocycles. The van der Waals surface area contributed by atoms with Crippen molar-refractivity contribution in [2.75, 3.05) is 23.4 Å². The largest absolute Gasteiger partial charge is 0.452 e. The topological polar surface area (TPSA) is 99.5 Å². The van der Waals surface area contributed by atoms with Gasteiger partial charge in [0.15, 0.2) is 6.61 Å². The van der Waals surface area contributed by atoms with Crippen molar-refractivity contribution in [1.29, 1.82) is 5.26 Å². The van der Waals surface area contributed by atoms with Crippen LogP contribution in [0.3, 0.4) is 0 Å². The van der Waals surface area contributed by atoms with Crippen LogP contribution in [0.2, 0.25) is 5.02 Å². The zero-order chi connectivity index (χ0) is 20.1. The highest BCUT2D eigenvalue weighted by molar-refractivity contribution is 6.32. The highest BCUT2D eigenvalue weighted by Crippen LogP contribution is 2.22. The van der Waals surface area contributed by atoms with Gasteiger partial charge in [-0.3, -0.25) is 9.59 Å². The van der Waals surface area contributed by atoms with Crippen LogP contribution in [0.15, 0.2) is 42.5 Å². The molecule has 0 radical (unpaired) electrons. The third-order valence-electron chi connectivity index (χ3n) is 4.20. The van der Waals surface area contributed by atoms with Crippen LogP contribution in [0.4, 0.5) is 11.4 Å². The van der Waals surface area contributed by atoms with E-state index in [1.165, 1.54) is 18.2 Å². The van der Waals surface area contributed by atoms with Crippen LogP contribution in [-0.2, 0) is 14.3 Å². The van der Waals surface area contributed by atoms with E-state index in [1.54, 1.807) is 29.2 Å². The monoisotopic (exact) mass is 397 g/mol. The van der Waals surface area contributed by atoms with Crippen molar-refractivity contribution >= 4 is 40.8 Å². The van der Waals surface area contributed by atoms with E-state index in [0.29, 0.717) is 24.2 Å². The smallest absolute Gasteiger partial charge is 0.338 e. The molecule has 1 saturated heterocycles. The van der Waals surface area contributed by atoms with E-state index < -0.39 is 18.5 Å². The van der Waals surface area contributed by atoms with E-state index in [-0.39, 0.29) is 16.5 Å². The molecule has 0 bridgehead atoms. The van der Waals surface area contributed by atoms with Crippen molar-refractivity contribution in [3.63, 3.8) is 0 Å². The summed E-state index contributed by atoms with van der Waals surface area (Å²) >= 11 is 5.91. The van der Waals surface area contributed by atoms with Crippen LogP contribution >= 0.6 is 11.6 Å². The van der Waals surface area contributed by atoms with Crippen LogP contribution in [0, 0.1) is 11.3 Å². The number of halogens is 1.